The average molecular weight is 282 g/mol. The molecule has 3 aliphatic rings. The van der Waals surface area contributed by atoms with Crippen LogP contribution in [0.2, 0.25) is 0 Å². The van der Waals surface area contributed by atoms with Crippen LogP contribution in [0.4, 0.5) is 0 Å². The Morgan fingerprint density at radius 1 is 1.10 bits per heavy atom. The maximum Gasteiger partial charge on any atom is 0.236 e. The van der Waals surface area contributed by atoms with Crippen molar-refractivity contribution < 1.29 is 14.3 Å². The average Bonchev–Trinajstić information content (AvgIpc) is 2.90. The first kappa shape index (κ1) is 14.3. The molecule has 3 aliphatic heterocycles. The van der Waals surface area contributed by atoms with E-state index in [9.17, 15) is 4.79 Å². The molecule has 0 aromatic carbocycles. The Balaban J connectivity index is 1.44. The van der Waals surface area contributed by atoms with E-state index in [0.717, 1.165) is 44.9 Å². The Morgan fingerprint density at radius 3 is 2.30 bits per heavy atom. The lowest BCUT2D eigenvalue weighted by atomic mass is 9.99. The molecular formula is C15H26N2O3. The number of hydrogen-bond acceptors (Lipinski definition) is 4. The summed E-state index contributed by atoms with van der Waals surface area (Å²) in [6, 6.07) is 0. The van der Waals surface area contributed by atoms with Gasteiger partial charge in [0.2, 0.25) is 5.91 Å². The van der Waals surface area contributed by atoms with Crippen molar-refractivity contribution in [3.05, 3.63) is 0 Å². The van der Waals surface area contributed by atoms with Crippen LogP contribution in [-0.2, 0) is 14.3 Å². The van der Waals surface area contributed by atoms with Gasteiger partial charge in [-0.05, 0) is 31.8 Å². The van der Waals surface area contributed by atoms with Gasteiger partial charge in [0.25, 0.3) is 0 Å². The molecule has 0 radical (unpaired) electrons. The lowest BCUT2D eigenvalue weighted by Gasteiger charge is -2.38. The Morgan fingerprint density at radius 2 is 1.70 bits per heavy atom. The molecule has 0 saturated carbocycles. The summed E-state index contributed by atoms with van der Waals surface area (Å²) in [7, 11) is 0. The Labute approximate surface area is 121 Å². The summed E-state index contributed by atoms with van der Waals surface area (Å²) in [5, 5.41) is 0. The minimum absolute atomic E-state index is 0.271. The minimum Gasteiger partial charge on any atom is -0.347 e. The van der Waals surface area contributed by atoms with E-state index in [-0.39, 0.29) is 11.7 Å². The van der Waals surface area contributed by atoms with E-state index in [1.54, 1.807) is 0 Å². The number of amides is 1. The molecule has 0 unspecified atom stereocenters. The van der Waals surface area contributed by atoms with Crippen molar-refractivity contribution in [1.82, 2.24) is 9.80 Å². The summed E-state index contributed by atoms with van der Waals surface area (Å²) in [5.74, 6) is 0.706. The summed E-state index contributed by atoms with van der Waals surface area (Å²) < 4.78 is 11.4. The molecular weight excluding hydrogens is 256 g/mol. The Hall–Kier alpha value is -0.650. The fourth-order valence-electron chi connectivity index (χ4n) is 3.39. The second kappa shape index (κ2) is 6.00. The van der Waals surface area contributed by atoms with Crippen LogP contribution in [0, 0.1) is 5.92 Å². The second-order valence-electron chi connectivity index (χ2n) is 6.45. The van der Waals surface area contributed by atoms with E-state index >= 15 is 0 Å². The molecule has 3 saturated heterocycles. The van der Waals surface area contributed by atoms with Gasteiger partial charge in [-0.25, -0.2) is 0 Å². The molecule has 3 rings (SSSR count). The Kier molecular flexibility index (Phi) is 4.29. The van der Waals surface area contributed by atoms with Gasteiger partial charge in [0.15, 0.2) is 5.79 Å². The zero-order valence-corrected chi connectivity index (χ0v) is 12.5. The number of ether oxygens (including phenoxy) is 2. The molecule has 0 N–H and O–H groups in total. The summed E-state index contributed by atoms with van der Waals surface area (Å²) in [6.07, 6.45) is 4.07. The van der Waals surface area contributed by atoms with Crippen LogP contribution in [-0.4, -0.2) is 67.4 Å². The maximum absolute atomic E-state index is 12.4. The number of rotatable bonds is 2. The molecule has 1 spiro atoms. The topological polar surface area (TPSA) is 42.0 Å². The maximum atomic E-state index is 12.4. The smallest absolute Gasteiger partial charge is 0.236 e. The number of carbonyl (C=O) groups is 1. The van der Waals surface area contributed by atoms with Crippen molar-refractivity contribution in [1.29, 1.82) is 0 Å². The predicted octanol–water partition coefficient (Wildman–Crippen LogP) is 1.08. The molecule has 0 aromatic heterocycles. The highest BCUT2D eigenvalue weighted by atomic mass is 16.7. The fourth-order valence-corrected chi connectivity index (χ4v) is 3.39. The van der Waals surface area contributed by atoms with Gasteiger partial charge in [-0.2, -0.15) is 0 Å². The van der Waals surface area contributed by atoms with E-state index in [4.69, 9.17) is 9.47 Å². The van der Waals surface area contributed by atoms with Gasteiger partial charge in [0.05, 0.1) is 19.8 Å². The number of likely N-dealkylation sites (tertiary alicyclic amines) is 2. The van der Waals surface area contributed by atoms with Crippen molar-refractivity contribution in [3.63, 3.8) is 0 Å². The molecule has 0 bridgehead atoms. The number of piperidine rings is 2. The molecule has 5 nitrogen and oxygen atoms in total. The van der Waals surface area contributed by atoms with Crippen LogP contribution in [0.25, 0.3) is 0 Å². The molecule has 0 aromatic rings. The molecule has 114 valence electrons. The van der Waals surface area contributed by atoms with Crippen molar-refractivity contribution >= 4 is 5.91 Å². The highest BCUT2D eigenvalue weighted by Crippen LogP contribution is 2.31. The summed E-state index contributed by atoms with van der Waals surface area (Å²) in [6.45, 7) is 7.94. The van der Waals surface area contributed by atoms with Gasteiger partial charge < -0.3 is 14.4 Å². The molecule has 1 amide bonds. The van der Waals surface area contributed by atoms with Crippen LogP contribution in [0.15, 0.2) is 0 Å². The molecule has 20 heavy (non-hydrogen) atoms. The standard InChI is InChI=1S/C15H26N2O3/c1-13-2-6-16(7-3-13)12-14(18)17-8-4-15(5-9-17)19-10-11-20-15/h13H,2-12H2,1H3. The number of nitrogens with zero attached hydrogens (tertiary/aromatic N) is 2. The minimum atomic E-state index is -0.378. The van der Waals surface area contributed by atoms with E-state index in [2.05, 4.69) is 11.8 Å². The zero-order chi connectivity index (χ0) is 14.0. The van der Waals surface area contributed by atoms with Gasteiger partial charge in [-0.15, -0.1) is 0 Å². The van der Waals surface area contributed by atoms with Crippen LogP contribution < -0.4 is 0 Å². The van der Waals surface area contributed by atoms with Crippen LogP contribution in [0.5, 0.6) is 0 Å². The first-order chi connectivity index (χ1) is 9.67. The van der Waals surface area contributed by atoms with Crippen LogP contribution in [0.1, 0.15) is 32.6 Å². The first-order valence-electron chi connectivity index (χ1n) is 7.95. The molecule has 3 fully saturated rings. The van der Waals surface area contributed by atoms with Gasteiger partial charge >= 0.3 is 0 Å². The summed E-state index contributed by atoms with van der Waals surface area (Å²) in [5.41, 5.74) is 0. The highest BCUT2D eigenvalue weighted by molar-refractivity contribution is 5.78. The third-order valence-electron chi connectivity index (χ3n) is 4.93. The first-order valence-corrected chi connectivity index (χ1v) is 7.95. The quantitative estimate of drug-likeness (QED) is 0.760. The van der Waals surface area contributed by atoms with Crippen molar-refractivity contribution in [3.8, 4) is 0 Å². The normalized spacial score (nSPS) is 28.1. The monoisotopic (exact) mass is 282 g/mol. The SMILES string of the molecule is CC1CCN(CC(=O)N2CCC3(CC2)OCCO3)CC1. The largest absolute Gasteiger partial charge is 0.347 e. The molecule has 3 heterocycles. The second-order valence-corrected chi connectivity index (χ2v) is 6.45. The predicted molar refractivity (Wildman–Crippen MR) is 75.3 cm³/mol. The van der Waals surface area contributed by atoms with Crippen molar-refractivity contribution in [2.24, 2.45) is 5.92 Å². The lowest BCUT2D eigenvalue weighted by molar-refractivity contribution is -0.187. The van der Waals surface area contributed by atoms with Crippen molar-refractivity contribution in [2.45, 2.75) is 38.4 Å². The lowest BCUT2D eigenvalue weighted by Crippen LogP contribution is -2.50. The van der Waals surface area contributed by atoms with Crippen molar-refractivity contribution in [2.75, 3.05) is 45.9 Å². The summed E-state index contributed by atoms with van der Waals surface area (Å²) >= 11 is 0. The molecule has 0 aliphatic carbocycles. The van der Waals surface area contributed by atoms with E-state index in [1.165, 1.54) is 12.8 Å². The van der Waals surface area contributed by atoms with Crippen LogP contribution in [0.3, 0.4) is 0 Å². The van der Waals surface area contributed by atoms with E-state index in [1.807, 2.05) is 4.90 Å². The van der Waals surface area contributed by atoms with E-state index < -0.39 is 0 Å². The van der Waals surface area contributed by atoms with Gasteiger partial charge in [-0.3, -0.25) is 9.69 Å². The van der Waals surface area contributed by atoms with Gasteiger partial charge in [0.1, 0.15) is 0 Å². The fraction of sp³-hybridized carbons (Fsp3) is 0.933. The molecule has 0 atom stereocenters. The van der Waals surface area contributed by atoms with Gasteiger partial charge in [-0.1, -0.05) is 6.92 Å². The summed E-state index contributed by atoms with van der Waals surface area (Å²) in [4.78, 5) is 16.6. The molecule has 5 heteroatoms. The third-order valence-corrected chi connectivity index (χ3v) is 4.93. The zero-order valence-electron chi connectivity index (χ0n) is 12.5. The third kappa shape index (κ3) is 3.15. The Bertz CT molecular complexity index is 337. The van der Waals surface area contributed by atoms with Crippen LogP contribution >= 0.6 is 0 Å². The highest BCUT2D eigenvalue weighted by Gasteiger charge is 2.40. The number of hydrogen-bond donors (Lipinski definition) is 0. The number of carbonyl (C=O) groups excluding carboxylic acids is 1. The van der Waals surface area contributed by atoms with E-state index in [0.29, 0.717) is 19.8 Å². The van der Waals surface area contributed by atoms with Gasteiger partial charge in [0, 0.05) is 25.9 Å².